The highest BCUT2D eigenvalue weighted by Gasteiger charge is 2.20. The molecule has 4 heterocycles. The summed E-state index contributed by atoms with van der Waals surface area (Å²) in [5.41, 5.74) is 7.46. The second-order valence-corrected chi connectivity index (χ2v) is 8.33. The van der Waals surface area contributed by atoms with Crippen LogP contribution < -0.4 is 15.2 Å². The van der Waals surface area contributed by atoms with Gasteiger partial charge in [-0.2, -0.15) is 20.1 Å². The van der Waals surface area contributed by atoms with Crippen LogP contribution in [0, 0.1) is 13.8 Å². The van der Waals surface area contributed by atoms with E-state index in [1.165, 1.54) is 0 Å². The van der Waals surface area contributed by atoms with Crippen molar-refractivity contribution in [2.75, 3.05) is 67.8 Å². The molecule has 0 spiro atoms. The van der Waals surface area contributed by atoms with Crippen molar-refractivity contribution in [1.29, 1.82) is 0 Å². The Bertz CT molecular complexity index is 1100. The molecule has 10 nitrogen and oxygen atoms in total. The predicted molar refractivity (Wildman–Crippen MR) is 132 cm³/mol. The van der Waals surface area contributed by atoms with E-state index in [-0.39, 0.29) is 0 Å². The van der Waals surface area contributed by atoms with E-state index in [4.69, 9.17) is 14.5 Å². The van der Waals surface area contributed by atoms with Crippen LogP contribution in [0.2, 0.25) is 0 Å². The van der Waals surface area contributed by atoms with Gasteiger partial charge in [-0.15, -0.1) is 0 Å². The van der Waals surface area contributed by atoms with Crippen molar-refractivity contribution in [2.45, 2.75) is 13.8 Å². The number of aryl methyl sites for hydroxylation is 1. The van der Waals surface area contributed by atoms with Gasteiger partial charge in [0, 0.05) is 48.8 Å². The fraction of sp³-hybridized carbons (Fsp3) is 0.417. The largest absolute Gasteiger partial charge is 0.378 e. The number of hydrazone groups is 1. The lowest BCUT2D eigenvalue weighted by molar-refractivity contribution is 0.121. The first-order chi connectivity index (χ1) is 16.7. The van der Waals surface area contributed by atoms with Crippen LogP contribution in [0.25, 0.3) is 5.69 Å². The molecule has 2 aliphatic rings. The van der Waals surface area contributed by atoms with Crippen LogP contribution in [0.3, 0.4) is 0 Å². The SMILES string of the molecule is Cc1cc(C=NNc2nc(N3CCOCC3)nc(N3CCOCC3)n2)c(C)n1-c1ccccc1. The van der Waals surface area contributed by atoms with Crippen molar-refractivity contribution in [3.8, 4) is 5.69 Å². The molecule has 0 unspecified atom stereocenters. The molecule has 0 saturated carbocycles. The number of nitrogens with zero attached hydrogens (tertiary/aromatic N) is 7. The average Bonchev–Trinajstić information content (AvgIpc) is 3.18. The quantitative estimate of drug-likeness (QED) is 0.441. The molecule has 0 amide bonds. The Balaban J connectivity index is 1.38. The number of nitrogens with one attached hydrogen (secondary N) is 1. The van der Waals surface area contributed by atoms with Crippen molar-refractivity contribution in [1.82, 2.24) is 19.5 Å². The third kappa shape index (κ3) is 4.87. The maximum Gasteiger partial charge on any atom is 0.250 e. The zero-order valence-electron chi connectivity index (χ0n) is 19.6. The van der Waals surface area contributed by atoms with Crippen LogP contribution in [0.15, 0.2) is 41.5 Å². The second kappa shape index (κ2) is 10.2. The molecule has 0 atom stereocenters. The minimum atomic E-state index is 0.422. The summed E-state index contributed by atoms with van der Waals surface area (Å²) in [6, 6.07) is 12.4. The lowest BCUT2D eigenvalue weighted by Gasteiger charge is -2.30. The monoisotopic (exact) mass is 462 g/mol. The number of aromatic nitrogens is 4. The Hall–Kier alpha value is -3.50. The summed E-state index contributed by atoms with van der Waals surface area (Å²) in [6.45, 7) is 9.85. The van der Waals surface area contributed by atoms with Crippen molar-refractivity contribution in [3.63, 3.8) is 0 Å². The smallest absolute Gasteiger partial charge is 0.250 e. The van der Waals surface area contributed by atoms with Gasteiger partial charge in [0.25, 0.3) is 0 Å². The van der Waals surface area contributed by atoms with Gasteiger partial charge >= 0.3 is 0 Å². The summed E-state index contributed by atoms with van der Waals surface area (Å²) in [5, 5.41) is 4.47. The Morgan fingerprint density at radius 2 is 1.44 bits per heavy atom. The van der Waals surface area contributed by atoms with E-state index in [2.05, 4.69) is 66.9 Å². The van der Waals surface area contributed by atoms with Gasteiger partial charge in [-0.3, -0.25) is 0 Å². The fourth-order valence-corrected chi connectivity index (χ4v) is 4.27. The Kier molecular flexibility index (Phi) is 6.68. The highest BCUT2D eigenvalue weighted by Crippen LogP contribution is 2.21. The van der Waals surface area contributed by atoms with E-state index in [0.29, 0.717) is 44.3 Å². The van der Waals surface area contributed by atoms with Gasteiger partial charge in [-0.25, -0.2) is 5.43 Å². The first kappa shape index (κ1) is 22.3. The Morgan fingerprint density at radius 3 is 2.03 bits per heavy atom. The number of morpholine rings is 2. The summed E-state index contributed by atoms with van der Waals surface area (Å²) in [5.74, 6) is 1.70. The first-order valence-electron chi connectivity index (χ1n) is 11.6. The molecular formula is C24H30N8O2. The fourth-order valence-electron chi connectivity index (χ4n) is 4.27. The van der Waals surface area contributed by atoms with E-state index in [1.54, 1.807) is 0 Å². The molecule has 2 aliphatic heterocycles. The van der Waals surface area contributed by atoms with Crippen LogP contribution in [0.4, 0.5) is 17.8 Å². The number of rotatable bonds is 6. The van der Waals surface area contributed by atoms with E-state index in [9.17, 15) is 0 Å². The molecule has 0 aliphatic carbocycles. The standard InChI is InChI=1S/C24H30N8O2/c1-18-16-20(19(2)32(18)21-6-4-3-5-7-21)17-25-29-22-26-23(30-8-12-33-13-9-30)28-24(27-22)31-10-14-34-15-11-31/h3-7,16-17H,8-15H2,1-2H3,(H,26,27,28,29). The Morgan fingerprint density at radius 1 is 0.853 bits per heavy atom. The normalized spacial score (nSPS) is 16.9. The van der Waals surface area contributed by atoms with Gasteiger partial charge in [-0.1, -0.05) is 18.2 Å². The number of hydrogen-bond donors (Lipinski definition) is 1. The molecule has 10 heteroatoms. The molecule has 3 aromatic rings. The molecule has 0 radical (unpaired) electrons. The molecular weight excluding hydrogens is 432 g/mol. The summed E-state index contributed by atoms with van der Waals surface area (Å²) in [7, 11) is 0. The molecule has 5 rings (SSSR count). The van der Waals surface area contributed by atoms with E-state index >= 15 is 0 Å². The molecule has 1 aromatic carbocycles. The van der Waals surface area contributed by atoms with Gasteiger partial charge in [-0.05, 0) is 32.0 Å². The predicted octanol–water partition coefficient (Wildman–Crippen LogP) is 2.40. The number of benzene rings is 1. The number of ether oxygens (including phenoxy) is 2. The zero-order chi connectivity index (χ0) is 23.3. The molecule has 2 fully saturated rings. The van der Waals surface area contributed by atoms with Gasteiger partial charge in [0.1, 0.15) is 0 Å². The topological polar surface area (TPSA) is 92.9 Å². The van der Waals surface area contributed by atoms with Crippen molar-refractivity contribution in [3.05, 3.63) is 53.3 Å². The highest BCUT2D eigenvalue weighted by atomic mass is 16.5. The lowest BCUT2D eigenvalue weighted by Crippen LogP contribution is -2.40. The van der Waals surface area contributed by atoms with Gasteiger partial charge in [0.2, 0.25) is 17.8 Å². The van der Waals surface area contributed by atoms with Gasteiger partial charge in [0.15, 0.2) is 0 Å². The van der Waals surface area contributed by atoms with E-state index < -0.39 is 0 Å². The van der Waals surface area contributed by atoms with Crippen LogP contribution in [0.5, 0.6) is 0 Å². The van der Waals surface area contributed by atoms with Gasteiger partial charge < -0.3 is 23.8 Å². The van der Waals surface area contributed by atoms with Crippen LogP contribution in [-0.2, 0) is 9.47 Å². The summed E-state index contributed by atoms with van der Waals surface area (Å²) < 4.78 is 13.2. The molecule has 34 heavy (non-hydrogen) atoms. The van der Waals surface area contributed by atoms with Crippen molar-refractivity contribution in [2.24, 2.45) is 5.10 Å². The molecule has 0 bridgehead atoms. The summed E-state index contributed by atoms with van der Waals surface area (Å²) >= 11 is 0. The van der Waals surface area contributed by atoms with Crippen molar-refractivity contribution >= 4 is 24.1 Å². The third-order valence-electron chi connectivity index (χ3n) is 6.05. The third-order valence-corrected chi connectivity index (χ3v) is 6.05. The zero-order valence-corrected chi connectivity index (χ0v) is 19.6. The lowest BCUT2D eigenvalue weighted by atomic mass is 10.2. The highest BCUT2D eigenvalue weighted by molar-refractivity contribution is 5.82. The molecule has 2 saturated heterocycles. The molecule has 2 aromatic heterocycles. The molecule has 1 N–H and O–H groups in total. The maximum absolute atomic E-state index is 5.49. The Labute approximate surface area is 199 Å². The van der Waals surface area contributed by atoms with Crippen LogP contribution in [0.1, 0.15) is 17.0 Å². The van der Waals surface area contributed by atoms with Gasteiger partial charge in [0.05, 0.1) is 32.6 Å². The van der Waals surface area contributed by atoms with E-state index in [1.807, 2.05) is 24.4 Å². The van der Waals surface area contributed by atoms with Crippen LogP contribution in [-0.4, -0.2) is 78.3 Å². The van der Waals surface area contributed by atoms with Crippen LogP contribution >= 0.6 is 0 Å². The molecule has 178 valence electrons. The van der Waals surface area contributed by atoms with Crippen molar-refractivity contribution < 1.29 is 9.47 Å². The summed E-state index contributed by atoms with van der Waals surface area (Å²) in [6.07, 6.45) is 1.81. The minimum Gasteiger partial charge on any atom is -0.378 e. The average molecular weight is 463 g/mol. The van der Waals surface area contributed by atoms with E-state index in [0.717, 1.165) is 48.8 Å². The number of anilines is 3. The number of para-hydroxylation sites is 1. The maximum atomic E-state index is 5.49. The summed E-state index contributed by atoms with van der Waals surface area (Å²) in [4.78, 5) is 18.3. The number of hydrogen-bond acceptors (Lipinski definition) is 9. The minimum absolute atomic E-state index is 0.422. The second-order valence-electron chi connectivity index (χ2n) is 8.33. The first-order valence-corrected chi connectivity index (χ1v) is 11.6.